The predicted octanol–water partition coefficient (Wildman–Crippen LogP) is 4.83. The van der Waals surface area contributed by atoms with Gasteiger partial charge in [0.25, 0.3) is 5.91 Å². The van der Waals surface area contributed by atoms with Gasteiger partial charge in [0.1, 0.15) is 11.6 Å². The van der Waals surface area contributed by atoms with E-state index in [2.05, 4.69) is 5.32 Å². The maximum Gasteiger partial charge on any atom is 0.267 e. The van der Waals surface area contributed by atoms with Gasteiger partial charge in [-0.2, -0.15) is 0 Å². The second kappa shape index (κ2) is 9.47. The molecule has 3 aromatic carbocycles. The third kappa shape index (κ3) is 5.03. The minimum absolute atomic E-state index is 0.0903. The Bertz CT molecular complexity index is 1140. The van der Waals surface area contributed by atoms with E-state index in [0.717, 1.165) is 17.5 Å². The van der Waals surface area contributed by atoms with Gasteiger partial charge < -0.3 is 15.0 Å². The van der Waals surface area contributed by atoms with Crippen LogP contribution < -0.4 is 15.0 Å². The number of hydrogen-bond acceptors (Lipinski definition) is 3. The van der Waals surface area contributed by atoms with Gasteiger partial charge in [0.05, 0.1) is 5.69 Å². The average Bonchev–Trinajstić information content (AvgIpc) is 2.80. The van der Waals surface area contributed by atoms with Crippen molar-refractivity contribution in [3.05, 3.63) is 95.8 Å². The summed E-state index contributed by atoms with van der Waals surface area (Å²) in [6.45, 7) is 2.26. The molecule has 6 heteroatoms. The number of carbonyl (C=O) groups excluding carboxylic acids is 2. The Balaban J connectivity index is 1.46. The highest BCUT2D eigenvalue weighted by Crippen LogP contribution is 2.36. The number of halogens is 1. The first-order valence-electron chi connectivity index (χ1n) is 10.4. The van der Waals surface area contributed by atoms with Gasteiger partial charge in [0, 0.05) is 24.4 Å². The van der Waals surface area contributed by atoms with Crippen LogP contribution in [0.3, 0.4) is 0 Å². The standard InChI is InChI=1S/C26H23FN2O3/c1-18-26(31)29(16-15-19-5-3-2-4-6-19)23-13-12-22(17-24(23)32-18)28-25(30)14-9-20-7-10-21(27)11-8-20/h2-14,17-18H,15-16H2,1H3,(H,28,30)/b14-9+. The summed E-state index contributed by atoms with van der Waals surface area (Å²) in [5, 5.41) is 2.79. The van der Waals surface area contributed by atoms with Crippen molar-refractivity contribution in [2.45, 2.75) is 19.4 Å². The summed E-state index contributed by atoms with van der Waals surface area (Å²) in [6.07, 6.45) is 3.11. The molecule has 0 saturated heterocycles. The van der Waals surface area contributed by atoms with E-state index in [9.17, 15) is 14.0 Å². The van der Waals surface area contributed by atoms with Crippen LogP contribution >= 0.6 is 0 Å². The van der Waals surface area contributed by atoms with Crippen LogP contribution in [0.4, 0.5) is 15.8 Å². The van der Waals surface area contributed by atoms with Crippen LogP contribution in [0.25, 0.3) is 6.08 Å². The fraction of sp³-hybridized carbons (Fsp3) is 0.154. The lowest BCUT2D eigenvalue weighted by Gasteiger charge is -2.33. The summed E-state index contributed by atoms with van der Waals surface area (Å²) < 4.78 is 18.8. The molecule has 32 heavy (non-hydrogen) atoms. The van der Waals surface area contributed by atoms with Crippen LogP contribution in [0.15, 0.2) is 78.9 Å². The second-order valence-corrected chi connectivity index (χ2v) is 7.54. The van der Waals surface area contributed by atoms with Gasteiger partial charge in [-0.15, -0.1) is 0 Å². The number of hydrogen-bond donors (Lipinski definition) is 1. The Morgan fingerprint density at radius 3 is 2.59 bits per heavy atom. The molecular weight excluding hydrogens is 407 g/mol. The Hall–Kier alpha value is -3.93. The lowest BCUT2D eigenvalue weighted by atomic mass is 10.1. The van der Waals surface area contributed by atoms with Crippen molar-refractivity contribution < 1.29 is 18.7 Å². The molecular formula is C26H23FN2O3. The zero-order valence-corrected chi connectivity index (χ0v) is 17.6. The van der Waals surface area contributed by atoms with Crippen LogP contribution in [-0.4, -0.2) is 24.5 Å². The lowest BCUT2D eigenvalue weighted by molar-refractivity contribution is -0.125. The first kappa shape index (κ1) is 21.3. The molecule has 162 valence electrons. The van der Waals surface area contributed by atoms with E-state index in [1.165, 1.54) is 18.2 Å². The molecule has 3 aromatic rings. The van der Waals surface area contributed by atoms with E-state index in [0.29, 0.717) is 23.7 Å². The first-order chi connectivity index (χ1) is 15.5. The van der Waals surface area contributed by atoms with Crippen molar-refractivity contribution in [2.75, 3.05) is 16.8 Å². The third-order valence-electron chi connectivity index (χ3n) is 5.20. The van der Waals surface area contributed by atoms with Crippen LogP contribution in [0.2, 0.25) is 0 Å². The SMILES string of the molecule is CC1Oc2cc(NC(=O)/C=C/c3ccc(F)cc3)ccc2N(CCc2ccccc2)C1=O. The second-order valence-electron chi connectivity index (χ2n) is 7.54. The number of fused-ring (bicyclic) bond motifs is 1. The van der Waals surface area contributed by atoms with E-state index >= 15 is 0 Å². The number of rotatable bonds is 6. The molecule has 0 saturated carbocycles. The van der Waals surface area contributed by atoms with E-state index in [-0.39, 0.29) is 17.6 Å². The largest absolute Gasteiger partial charge is 0.479 e. The number of nitrogens with one attached hydrogen (secondary N) is 1. The molecule has 0 bridgehead atoms. The van der Waals surface area contributed by atoms with Crippen molar-refractivity contribution in [1.29, 1.82) is 0 Å². The molecule has 0 spiro atoms. The summed E-state index contributed by atoms with van der Waals surface area (Å²) in [7, 11) is 0. The summed E-state index contributed by atoms with van der Waals surface area (Å²) in [4.78, 5) is 26.7. The number of nitrogens with zero attached hydrogens (tertiary/aromatic N) is 1. The van der Waals surface area contributed by atoms with Gasteiger partial charge in [-0.05, 0) is 54.8 Å². The van der Waals surface area contributed by atoms with Crippen LogP contribution in [-0.2, 0) is 16.0 Å². The normalized spacial score (nSPS) is 15.4. The topological polar surface area (TPSA) is 58.6 Å². The van der Waals surface area contributed by atoms with Crippen molar-refractivity contribution in [2.24, 2.45) is 0 Å². The summed E-state index contributed by atoms with van der Waals surface area (Å²) in [5.74, 6) is -0.195. The third-order valence-corrected chi connectivity index (χ3v) is 5.20. The fourth-order valence-corrected chi connectivity index (χ4v) is 3.53. The highest BCUT2D eigenvalue weighted by molar-refractivity contribution is 6.03. The summed E-state index contributed by atoms with van der Waals surface area (Å²) in [5.41, 5.74) is 3.11. The Labute approximate surface area is 186 Å². The quantitative estimate of drug-likeness (QED) is 0.570. The first-order valence-corrected chi connectivity index (χ1v) is 10.4. The van der Waals surface area contributed by atoms with Crippen molar-refractivity contribution in [3.63, 3.8) is 0 Å². The molecule has 1 aliphatic rings. The molecule has 1 heterocycles. The van der Waals surface area contributed by atoms with E-state index in [1.54, 1.807) is 48.2 Å². The van der Waals surface area contributed by atoms with Crippen LogP contribution in [0, 0.1) is 5.82 Å². The van der Waals surface area contributed by atoms with E-state index in [1.807, 2.05) is 30.3 Å². The fourth-order valence-electron chi connectivity index (χ4n) is 3.53. The summed E-state index contributed by atoms with van der Waals surface area (Å²) >= 11 is 0. The predicted molar refractivity (Wildman–Crippen MR) is 123 cm³/mol. The Morgan fingerprint density at radius 1 is 1.09 bits per heavy atom. The van der Waals surface area contributed by atoms with Gasteiger partial charge in [-0.1, -0.05) is 42.5 Å². The van der Waals surface area contributed by atoms with Gasteiger partial charge in [0.2, 0.25) is 5.91 Å². The molecule has 1 N–H and O–H groups in total. The molecule has 2 amide bonds. The zero-order chi connectivity index (χ0) is 22.5. The minimum Gasteiger partial charge on any atom is -0.479 e. The van der Waals surface area contributed by atoms with Gasteiger partial charge in [0.15, 0.2) is 6.10 Å². The van der Waals surface area contributed by atoms with E-state index < -0.39 is 6.10 Å². The lowest BCUT2D eigenvalue weighted by Crippen LogP contribution is -2.45. The molecule has 1 unspecified atom stereocenters. The Morgan fingerprint density at radius 2 is 1.84 bits per heavy atom. The highest BCUT2D eigenvalue weighted by atomic mass is 19.1. The molecule has 4 rings (SSSR count). The molecule has 5 nitrogen and oxygen atoms in total. The van der Waals surface area contributed by atoms with Crippen LogP contribution in [0.1, 0.15) is 18.1 Å². The zero-order valence-electron chi connectivity index (χ0n) is 17.6. The van der Waals surface area contributed by atoms with Crippen molar-refractivity contribution >= 4 is 29.3 Å². The van der Waals surface area contributed by atoms with Crippen molar-refractivity contribution in [3.8, 4) is 5.75 Å². The molecule has 0 aromatic heterocycles. The van der Waals surface area contributed by atoms with Crippen LogP contribution in [0.5, 0.6) is 5.75 Å². The van der Waals surface area contributed by atoms with Gasteiger partial charge in [-0.3, -0.25) is 9.59 Å². The van der Waals surface area contributed by atoms with E-state index in [4.69, 9.17) is 4.74 Å². The van der Waals surface area contributed by atoms with Gasteiger partial charge in [-0.25, -0.2) is 4.39 Å². The smallest absolute Gasteiger partial charge is 0.267 e. The minimum atomic E-state index is -0.609. The monoisotopic (exact) mass is 430 g/mol. The number of ether oxygens (including phenoxy) is 1. The molecule has 0 aliphatic carbocycles. The number of carbonyl (C=O) groups is 2. The molecule has 0 fully saturated rings. The highest BCUT2D eigenvalue weighted by Gasteiger charge is 2.31. The molecule has 0 radical (unpaired) electrons. The van der Waals surface area contributed by atoms with Crippen molar-refractivity contribution in [1.82, 2.24) is 0 Å². The average molecular weight is 430 g/mol. The number of amides is 2. The Kier molecular flexibility index (Phi) is 6.31. The maximum atomic E-state index is 13.0. The maximum absolute atomic E-state index is 13.0. The number of benzene rings is 3. The molecule has 1 aliphatic heterocycles. The van der Waals surface area contributed by atoms with Gasteiger partial charge >= 0.3 is 0 Å². The molecule has 1 atom stereocenters. The summed E-state index contributed by atoms with van der Waals surface area (Å²) in [6, 6.07) is 21.1. The number of anilines is 2.